The van der Waals surface area contributed by atoms with E-state index in [-0.39, 0.29) is 84.8 Å². The Kier molecular flexibility index (Phi) is 19.0. The standard InChI is InChI=1S/C63H77ClFN11O8S.H2/c1-8-53(80)74-23-25-75(26-24-74)59-49-31-50(64)54(48-29-44(77)28-43-12-9-10-13-47(43)48)55(65)56(49)69-62(70-59)84-38(2)32-72-21-19-71(20-22-72)18-11-27-83-46-34-73(35-46)36-52(79)68-58(63(5,6)7)61(82)76-33-45(78)30-51(76)60(81)67-39(3)41-14-16-42(17-15-41)57-40(4)66-37-85-57;/h8-10,12-17,28-29,31,37-39,45-46,51,58,77-78H,1,11,18-27,30,32-36H2,2-7H3,(H,67,81)(H,68,79);1H/t38-,39+,45-,51+,58-;/m1./s1. The van der Waals surface area contributed by atoms with Crippen molar-refractivity contribution in [2.45, 2.75) is 90.8 Å². The third-order valence-corrected chi connectivity index (χ3v) is 17.9. The number of ether oxygens (including phenoxy) is 2. The van der Waals surface area contributed by atoms with Gasteiger partial charge in [0.2, 0.25) is 23.6 Å². The van der Waals surface area contributed by atoms with Gasteiger partial charge in [0, 0.05) is 110 Å². The quantitative estimate of drug-likeness (QED) is 0.0437. The molecule has 0 spiro atoms. The number of thiazole rings is 1. The predicted molar refractivity (Wildman–Crippen MR) is 330 cm³/mol. The first kappa shape index (κ1) is 61.2. The molecular weight excluding hydrogens is 1130 g/mol. The van der Waals surface area contributed by atoms with Crippen molar-refractivity contribution in [1.29, 1.82) is 0 Å². The van der Waals surface area contributed by atoms with Crippen LogP contribution in [0.3, 0.4) is 0 Å². The van der Waals surface area contributed by atoms with Gasteiger partial charge in [-0.15, -0.1) is 11.3 Å². The molecule has 6 heterocycles. The van der Waals surface area contributed by atoms with E-state index in [9.17, 15) is 29.4 Å². The van der Waals surface area contributed by atoms with Crippen molar-refractivity contribution in [1.82, 2.24) is 50.1 Å². The largest absolute Gasteiger partial charge is 0.508 e. The van der Waals surface area contributed by atoms with E-state index in [1.807, 2.05) is 105 Å². The molecule has 4 fully saturated rings. The maximum atomic E-state index is 17.2. The first-order chi connectivity index (χ1) is 40.7. The monoisotopic (exact) mass is 1200 g/mol. The van der Waals surface area contributed by atoms with Crippen LogP contribution in [-0.2, 0) is 23.9 Å². The zero-order valence-electron chi connectivity index (χ0n) is 49.2. The minimum atomic E-state index is -0.925. The maximum absolute atomic E-state index is 17.2. The van der Waals surface area contributed by atoms with E-state index in [0.717, 1.165) is 71.6 Å². The number of nitrogens with one attached hydrogen (secondary N) is 2. The predicted octanol–water partition coefficient (Wildman–Crippen LogP) is 7.31. The first-order valence-electron chi connectivity index (χ1n) is 29.3. The summed E-state index contributed by atoms with van der Waals surface area (Å²) in [5.41, 5.74) is 4.62. The van der Waals surface area contributed by atoms with E-state index in [2.05, 4.69) is 37.0 Å². The number of likely N-dealkylation sites (tertiary alicyclic amines) is 2. The number of β-amino-alcohol motifs (C(OH)–C–C–N with tert-alkyl or cyclic N) is 1. The molecule has 0 unspecified atom stereocenters. The number of halogens is 2. The molecule has 454 valence electrons. The molecule has 4 aliphatic rings. The summed E-state index contributed by atoms with van der Waals surface area (Å²) in [7, 11) is 0. The lowest BCUT2D eigenvalue weighted by molar-refractivity contribution is -0.144. The normalized spacial score (nSPS) is 19.4. The number of aromatic nitrogens is 3. The van der Waals surface area contributed by atoms with Crippen LogP contribution in [0.1, 0.15) is 66.2 Å². The van der Waals surface area contributed by atoms with Crippen molar-refractivity contribution in [2.24, 2.45) is 5.41 Å². The van der Waals surface area contributed by atoms with Crippen molar-refractivity contribution in [3.8, 4) is 33.3 Å². The molecular formula is C63H79ClFN11O8S. The topological polar surface area (TPSA) is 209 Å². The Labute approximate surface area is 506 Å². The lowest BCUT2D eigenvalue weighted by Crippen LogP contribution is -2.60. The number of benzene rings is 4. The van der Waals surface area contributed by atoms with Crippen LogP contribution in [0.15, 0.2) is 84.9 Å². The third-order valence-electron chi connectivity index (χ3n) is 16.6. The molecule has 0 saturated carbocycles. The fraction of sp³-hybridized carbons (Fsp3) is 0.476. The number of anilines is 1. The number of phenolic OH excluding ortho intramolecular Hbond substituents is 1. The Morgan fingerprint density at radius 2 is 1.64 bits per heavy atom. The van der Waals surface area contributed by atoms with Crippen molar-refractivity contribution < 1.29 is 44.7 Å². The number of rotatable bonds is 20. The van der Waals surface area contributed by atoms with E-state index >= 15 is 4.39 Å². The summed E-state index contributed by atoms with van der Waals surface area (Å²) in [6.07, 6.45) is 1.02. The molecule has 0 bridgehead atoms. The SMILES string of the molecule is C=CC(=O)N1CCN(c2nc(O[C@H](C)CN3CCN(CCCOC4CN(CC(=O)N[C@H](C(=O)N5C[C@H](O)C[C@H]5C(=O)N[C@@H](C)c5ccc(-c6scnc6C)cc5)C(C)(C)C)C4)CC3)nc3c(F)c(-c4cc(O)cc5ccccc45)c(Cl)cc23)CC1.[HH]. The number of aliphatic hydroxyl groups is 1. The number of aromatic hydroxyl groups is 1. The van der Waals surface area contributed by atoms with E-state index in [0.29, 0.717) is 69.2 Å². The molecule has 22 heteroatoms. The molecule has 2 aromatic heterocycles. The van der Waals surface area contributed by atoms with Gasteiger partial charge in [-0.2, -0.15) is 9.97 Å². The van der Waals surface area contributed by atoms with Crippen molar-refractivity contribution in [3.05, 3.63) is 107 Å². The Bertz CT molecular complexity index is 3420. The second-order valence-corrected chi connectivity index (χ2v) is 25.3. The number of amides is 4. The molecule has 19 nitrogen and oxygen atoms in total. The van der Waals surface area contributed by atoms with Gasteiger partial charge in [-0.05, 0) is 84.3 Å². The molecule has 5 atom stereocenters. The van der Waals surface area contributed by atoms with Crippen LogP contribution < -0.4 is 20.3 Å². The summed E-state index contributed by atoms with van der Waals surface area (Å²) in [5, 5.41) is 29.5. The Morgan fingerprint density at radius 3 is 2.33 bits per heavy atom. The minimum Gasteiger partial charge on any atom is -0.508 e. The van der Waals surface area contributed by atoms with E-state index < -0.39 is 35.3 Å². The fourth-order valence-electron chi connectivity index (χ4n) is 12.0. The van der Waals surface area contributed by atoms with Gasteiger partial charge >= 0.3 is 6.01 Å². The molecule has 4 aromatic carbocycles. The molecule has 10 rings (SSSR count). The van der Waals surface area contributed by atoms with Crippen LogP contribution >= 0.6 is 22.9 Å². The average molecular weight is 1200 g/mol. The van der Waals surface area contributed by atoms with Crippen LogP contribution in [0.2, 0.25) is 5.02 Å². The molecule has 4 N–H and O–H groups in total. The van der Waals surface area contributed by atoms with E-state index in [1.54, 1.807) is 28.4 Å². The van der Waals surface area contributed by atoms with Gasteiger partial charge in [0.15, 0.2) is 5.82 Å². The van der Waals surface area contributed by atoms with Crippen LogP contribution in [-0.4, -0.2) is 202 Å². The number of nitrogens with zero attached hydrogens (tertiary/aromatic N) is 9. The number of fused-ring (bicyclic) bond motifs is 2. The summed E-state index contributed by atoms with van der Waals surface area (Å²) >= 11 is 8.52. The number of phenols is 1. The van der Waals surface area contributed by atoms with Crippen molar-refractivity contribution in [3.63, 3.8) is 0 Å². The number of hydrogen-bond acceptors (Lipinski definition) is 16. The van der Waals surface area contributed by atoms with Crippen LogP contribution in [0, 0.1) is 18.2 Å². The van der Waals surface area contributed by atoms with E-state index in [4.69, 9.17) is 26.1 Å². The molecule has 85 heavy (non-hydrogen) atoms. The van der Waals surface area contributed by atoms with Crippen LogP contribution in [0.25, 0.3) is 43.2 Å². The highest BCUT2D eigenvalue weighted by molar-refractivity contribution is 7.13. The summed E-state index contributed by atoms with van der Waals surface area (Å²) in [6.45, 7) is 23.5. The summed E-state index contributed by atoms with van der Waals surface area (Å²) in [4.78, 5) is 80.9. The first-order valence-corrected chi connectivity index (χ1v) is 30.6. The van der Waals surface area contributed by atoms with Gasteiger partial charge in [-0.25, -0.2) is 9.37 Å². The van der Waals surface area contributed by atoms with Crippen molar-refractivity contribution in [2.75, 3.05) is 103 Å². The van der Waals surface area contributed by atoms with Crippen molar-refractivity contribution >= 4 is 74.1 Å². The Hall–Kier alpha value is -6.85. The molecule has 4 aliphatic heterocycles. The number of aliphatic hydroxyl groups excluding tert-OH is 1. The highest BCUT2D eigenvalue weighted by atomic mass is 35.5. The Balaban J connectivity index is 0.00000884. The highest BCUT2D eigenvalue weighted by Crippen LogP contribution is 2.43. The smallest absolute Gasteiger partial charge is 0.319 e. The van der Waals surface area contributed by atoms with E-state index in [1.165, 1.54) is 17.0 Å². The highest BCUT2D eigenvalue weighted by Gasteiger charge is 2.45. The van der Waals surface area contributed by atoms with Gasteiger partial charge in [0.1, 0.15) is 35.3 Å². The lowest BCUT2D eigenvalue weighted by Gasteiger charge is -2.40. The van der Waals surface area contributed by atoms with Gasteiger partial charge in [-0.1, -0.05) is 87.5 Å². The summed E-state index contributed by atoms with van der Waals surface area (Å²) < 4.78 is 29.8. The summed E-state index contributed by atoms with van der Waals surface area (Å²) in [5.74, 6) is -1.45. The lowest BCUT2D eigenvalue weighted by atomic mass is 9.85. The van der Waals surface area contributed by atoms with Gasteiger partial charge < -0.3 is 49.9 Å². The van der Waals surface area contributed by atoms with Gasteiger partial charge in [-0.3, -0.25) is 29.0 Å². The number of hydrogen-bond donors (Lipinski definition) is 4. The Morgan fingerprint density at radius 1 is 0.918 bits per heavy atom. The zero-order valence-corrected chi connectivity index (χ0v) is 50.8. The number of carbonyl (C=O) groups is 4. The van der Waals surface area contributed by atoms with Crippen LogP contribution in [0.5, 0.6) is 11.8 Å². The number of piperazine rings is 2. The number of carbonyl (C=O) groups excluding carboxylic acids is 4. The molecule has 4 saturated heterocycles. The average Bonchev–Trinajstić information content (AvgIpc) is 2.77. The summed E-state index contributed by atoms with van der Waals surface area (Å²) in [6, 6.07) is 18.0. The molecule has 6 aromatic rings. The third kappa shape index (κ3) is 14.2. The fourth-order valence-corrected chi connectivity index (χ4v) is 13.1. The second kappa shape index (κ2) is 26.4. The van der Waals surface area contributed by atoms with Crippen LogP contribution in [0.4, 0.5) is 10.2 Å². The minimum absolute atomic E-state index is 0. The molecule has 0 radical (unpaired) electrons. The number of aryl methyl sites for hydroxylation is 1. The maximum Gasteiger partial charge on any atom is 0.319 e. The molecule has 0 aliphatic carbocycles. The molecule has 4 amide bonds. The van der Waals surface area contributed by atoms with Gasteiger partial charge in [0.05, 0.1) is 45.9 Å². The van der Waals surface area contributed by atoms with Gasteiger partial charge in [0.25, 0.3) is 0 Å². The second-order valence-electron chi connectivity index (χ2n) is 24.0. The zero-order chi connectivity index (χ0) is 60.3.